The first-order valence-corrected chi connectivity index (χ1v) is 18.4. The maximum atomic E-state index is 14.3. The van der Waals surface area contributed by atoms with E-state index >= 15 is 0 Å². The van der Waals surface area contributed by atoms with Crippen LogP contribution in [0.2, 0.25) is 12.6 Å². The molecule has 1 unspecified atom stereocenters. The summed E-state index contributed by atoms with van der Waals surface area (Å²) < 4.78 is 61.9. The first-order chi connectivity index (χ1) is 21.8. The Kier molecular flexibility index (Phi) is 11.7. The highest BCUT2D eigenvalue weighted by Gasteiger charge is 2.35. The topological polar surface area (TPSA) is 103 Å². The number of carbonyl (C=O) groups excluding carboxylic acids is 1. The Labute approximate surface area is 270 Å². The van der Waals surface area contributed by atoms with E-state index in [0.717, 1.165) is 37.8 Å². The van der Waals surface area contributed by atoms with E-state index in [1.165, 1.54) is 12.1 Å². The number of hydrogen-bond acceptors (Lipinski definition) is 7. The van der Waals surface area contributed by atoms with Gasteiger partial charge in [-0.05, 0) is 82.8 Å². The molecule has 0 radical (unpaired) electrons. The van der Waals surface area contributed by atoms with Gasteiger partial charge in [-0.15, -0.1) is 0 Å². The van der Waals surface area contributed by atoms with Crippen LogP contribution < -0.4 is 4.74 Å². The van der Waals surface area contributed by atoms with Crippen molar-refractivity contribution in [3.05, 3.63) is 41.9 Å². The third-order valence-electron chi connectivity index (χ3n) is 8.03. The van der Waals surface area contributed by atoms with Crippen molar-refractivity contribution in [3.63, 3.8) is 0 Å². The molecule has 1 atom stereocenters. The number of nitriles is 1. The first kappa shape index (κ1) is 35.2. The summed E-state index contributed by atoms with van der Waals surface area (Å²) in [5.74, 6) is -0.160. The SMILES string of the molecule is CCCC[SiH](C)OCCn1ccc2c(-c3ccc(OCCC4CCN(C(=O)OC(C)(C)C)CC4)c(C(F)(F)F)c3)nc(C#N)nc21. The van der Waals surface area contributed by atoms with E-state index in [0.29, 0.717) is 43.7 Å². The van der Waals surface area contributed by atoms with Crippen LogP contribution >= 0.6 is 0 Å². The molecule has 1 amide bonds. The number of fused-ring (bicyclic) bond motifs is 1. The molecule has 1 fully saturated rings. The summed E-state index contributed by atoms with van der Waals surface area (Å²) >= 11 is 0. The molecular weight excluding hydrogens is 615 g/mol. The minimum Gasteiger partial charge on any atom is -0.493 e. The van der Waals surface area contributed by atoms with Gasteiger partial charge in [-0.1, -0.05) is 19.8 Å². The quantitative estimate of drug-likeness (QED) is 0.185. The second-order valence-corrected chi connectivity index (χ2v) is 15.4. The monoisotopic (exact) mass is 659 g/mol. The van der Waals surface area contributed by atoms with E-state index in [1.54, 1.807) is 17.2 Å². The van der Waals surface area contributed by atoms with Crippen molar-refractivity contribution in [2.75, 3.05) is 26.3 Å². The van der Waals surface area contributed by atoms with Gasteiger partial charge in [0.1, 0.15) is 23.1 Å². The highest BCUT2D eigenvalue weighted by Crippen LogP contribution is 2.40. The number of likely N-dealkylation sites (tertiary alicyclic amines) is 1. The van der Waals surface area contributed by atoms with E-state index in [9.17, 15) is 23.2 Å². The number of aromatic nitrogens is 3. The predicted molar refractivity (Wildman–Crippen MR) is 172 cm³/mol. The minimum atomic E-state index is -4.67. The van der Waals surface area contributed by atoms with E-state index in [2.05, 4.69) is 23.4 Å². The maximum Gasteiger partial charge on any atom is 0.419 e. The summed E-state index contributed by atoms with van der Waals surface area (Å²) in [6.45, 7) is 12.0. The Hall–Kier alpha value is -3.63. The molecule has 1 saturated heterocycles. The van der Waals surface area contributed by atoms with E-state index in [1.807, 2.05) is 31.4 Å². The Morgan fingerprint density at radius 1 is 1.13 bits per heavy atom. The molecule has 13 heteroatoms. The van der Waals surface area contributed by atoms with Crippen molar-refractivity contribution < 1.29 is 31.9 Å². The molecule has 0 aliphatic carbocycles. The number of amides is 1. The smallest absolute Gasteiger partial charge is 0.419 e. The molecule has 0 N–H and O–H groups in total. The van der Waals surface area contributed by atoms with Crippen LogP contribution in [0.3, 0.4) is 0 Å². The van der Waals surface area contributed by atoms with Crippen LogP contribution in [0.1, 0.15) is 71.2 Å². The predicted octanol–water partition coefficient (Wildman–Crippen LogP) is 7.58. The second-order valence-electron chi connectivity index (χ2n) is 12.8. The van der Waals surface area contributed by atoms with Crippen molar-refractivity contribution in [1.29, 1.82) is 5.26 Å². The zero-order chi connectivity index (χ0) is 33.5. The molecule has 1 aromatic carbocycles. The molecule has 3 heterocycles. The molecule has 4 rings (SSSR count). The first-order valence-electron chi connectivity index (χ1n) is 16.0. The van der Waals surface area contributed by atoms with Crippen LogP contribution in [0, 0.1) is 17.2 Å². The molecule has 0 saturated carbocycles. The lowest BCUT2D eigenvalue weighted by molar-refractivity contribution is -0.138. The fourth-order valence-electron chi connectivity index (χ4n) is 5.53. The molecule has 0 bridgehead atoms. The van der Waals surface area contributed by atoms with Crippen LogP contribution in [-0.2, 0) is 21.9 Å². The summed E-state index contributed by atoms with van der Waals surface area (Å²) in [5.41, 5.74) is -0.541. The van der Waals surface area contributed by atoms with Crippen molar-refractivity contribution in [2.24, 2.45) is 5.92 Å². The number of carbonyl (C=O) groups is 1. The van der Waals surface area contributed by atoms with Crippen LogP contribution in [0.5, 0.6) is 5.75 Å². The number of rotatable bonds is 12. The maximum absolute atomic E-state index is 14.3. The van der Waals surface area contributed by atoms with Gasteiger partial charge in [0.05, 0.1) is 24.5 Å². The van der Waals surface area contributed by atoms with Crippen LogP contribution in [0.4, 0.5) is 18.0 Å². The molecule has 250 valence electrons. The molecule has 9 nitrogen and oxygen atoms in total. The zero-order valence-corrected chi connectivity index (χ0v) is 28.5. The summed E-state index contributed by atoms with van der Waals surface area (Å²) in [6, 6.07) is 8.68. The minimum absolute atomic E-state index is 0.112. The van der Waals surface area contributed by atoms with Gasteiger partial charge in [-0.3, -0.25) is 0 Å². The third kappa shape index (κ3) is 9.45. The molecule has 0 spiro atoms. The lowest BCUT2D eigenvalue weighted by atomic mass is 9.94. The third-order valence-corrected chi connectivity index (χ3v) is 10.1. The molecular formula is C33H44F3N5O4Si. The van der Waals surface area contributed by atoms with Crippen molar-refractivity contribution in [1.82, 2.24) is 19.4 Å². The molecule has 1 aliphatic heterocycles. The van der Waals surface area contributed by atoms with Crippen LogP contribution in [0.25, 0.3) is 22.3 Å². The summed E-state index contributed by atoms with van der Waals surface area (Å²) in [6.07, 6.45) is 1.06. The van der Waals surface area contributed by atoms with Gasteiger partial charge < -0.3 is 23.4 Å². The molecule has 1 aliphatic rings. The Morgan fingerprint density at radius 3 is 2.52 bits per heavy atom. The van der Waals surface area contributed by atoms with Gasteiger partial charge in [0.2, 0.25) is 5.82 Å². The lowest BCUT2D eigenvalue weighted by Crippen LogP contribution is -2.41. The van der Waals surface area contributed by atoms with E-state index < -0.39 is 26.4 Å². The second kappa shape index (κ2) is 15.3. The summed E-state index contributed by atoms with van der Waals surface area (Å²) in [7, 11) is -1.27. The Bertz CT molecular complexity index is 1520. The summed E-state index contributed by atoms with van der Waals surface area (Å²) in [5, 5.41) is 10.2. The number of ether oxygens (including phenoxy) is 2. The summed E-state index contributed by atoms with van der Waals surface area (Å²) in [4.78, 5) is 22.7. The average molecular weight is 660 g/mol. The van der Waals surface area contributed by atoms with Gasteiger partial charge in [-0.2, -0.15) is 18.4 Å². The van der Waals surface area contributed by atoms with Crippen LogP contribution in [0.15, 0.2) is 30.5 Å². The standard InChI is InChI=1S/C33H44F3N5O4Si/c1-6-7-20-46(5)44-19-17-40-16-12-25-29(38-28(22-37)39-30(25)40)24-8-9-27(26(21-24)33(34,35)36)43-18-13-23-10-14-41(15-11-23)31(42)45-32(2,3)4/h8-9,12,16,21,23,46H,6-7,10-11,13-15,17-20H2,1-5H3. The largest absolute Gasteiger partial charge is 0.493 e. The number of halogens is 3. The number of hydrogen-bond donors (Lipinski definition) is 0. The fourth-order valence-corrected chi connectivity index (χ4v) is 7.19. The molecule has 46 heavy (non-hydrogen) atoms. The van der Waals surface area contributed by atoms with Crippen molar-refractivity contribution >= 4 is 26.2 Å². The molecule has 2 aromatic heterocycles. The Morgan fingerprint density at radius 2 is 1.87 bits per heavy atom. The lowest BCUT2D eigenvalue weighted by Gasteiger charge is -2.33. The van der Waals surface area contributed by atoms with Gasteiger partial charge in [0, 0.05) is 36.8 Å². The van der Waals surface area contributed by atoms with Crippen LogP contribution in [-0.4, -0.2) is 66.5 Å². The average Bonchev–Trinajstić information content (AvgIpc) is 3.41. The van der Waals surface area contributed by atoms with Crippen molar-refractivity contribution in [2.45, 2.75) is 90.7 Å². The number of piperidine rings is 1. The van der Waals surface area contributed by atoms with Gasteiger partial charge in [0.25, 0.3) is 0 Å². The number of unbranched alkanes of at least 4 members (excludes halogenated alkanes) is 1. The number of alkyl halides is 3. The van der Waals surface area contributed by atoms with E-state index in [4.69, 9.17) is 13.9 Å². The van der Waals surface area contributed by atoms with Gasteiger partial charge >= 0.3 is 12.3 Å². The van der Waals surface area contributed by atoms with Gasteiger partial charge in [0.15, 0.2) is 9.04 Å². The van der Waals surface area contributed by atoms with Crippen molar-refractivity contribution in [3.8, 4) is 23.1 Å². The Balaban J connectivity index is 1.45. The van der Waals surface area contributed by atoms with Gasteiger partial charge in [-0.25, -0.2) is 14.8 Å². The molecule has 3 aromatic rings. The highest BCUT2D eigenvalue weighted by atomic mass is 28.3. The number of benzene rings is 1. The fraction of sp³-hybridized carbons (Fsp3) is 0.576. The number of nitrogens with zero attached hydrogens (tertiary/aromatic N) is 5. The van der Waals surface area contributed by atoms with E-state index in [-0.39, 0.29) is 41.4 Å². The zero-order valence-electron chi connectivity index (χ0n) is 27.3. The normalized spacial score (nSPS) is 15.2. The highest BCUT2D eigenvalue weighted by molar-refractivity contribution is 6.50.